The Morgan fingerprint density at radius 2 is 1.62 bits per heavy atom. The van der Waals surface area contributed by atoms with Crippen LogP contribution < -0.4 is 10.3 Å². The van der Waals surface area contributed by atoms with Gasteiger partial charge in [-0.1, -0.05) is 43.2 Å². The summed E-state index contributed by atoms with van der Waals surface area (Å²) in [5.41, 5.74) is 1.39. The van der Waals surface area contributed by atoms with E-state index in [-0.39, 0.29) is 36.9 Å². The quantitative estimate of drug-likeness (QED) is 0.237. The van der Waals surface area contributed by atoms with Crippen molar-refractivity contribution in [1.82, 2.24) is 0 Å². The number of sulfonamides is 1. The second-order valence-electron chi connectivity index (χ2n) is 10.9. The van der Waals surface area contributed by atoms with Crippen molar-refractivity contribution in [2.75, 3.05) is 4.72 Å². The average Bonchev–Trinajstić information content (AvgIpc) is 3.64. The lowest BCUT2D eigenvalue weighted by Gasteiger charge is -2.22. The highest BCUT2D eigenvalue weighted by atomic mass is 32.2. The van der Waals surface area contributed by atoms with Crippen LogP contribution >= 0.6 is 11.3 Å². The normalized spacial score (nSPS) is 16.7. The second kappa shape index (κ2) is 11.3. The number of hydrogen-bond acceptors (Lipinski definition) is 8. The van der Waals surface area contributed by atoms with E-state index in [1.807, 2.05) is 6.07 Å². The van der Waals surface area contributed by atoms with Crippen molar-refractivity contribution in [3.05, 3.63) is 98.9 Å². The van der Waals surface area contributed by atoms with Crippen molar-refractivity contribution in [2.45, 2.75) is 71.3 Å². The van der Waals surface area contributed by atoms with Gasteiger partial charge in [-0.3, -0.25) is 4.72 Å². The second-order valence-corrected chi connectivity index (χ2v) is 15.7. The summed E-state index contributed by atoms with van der Waals surface area (Å²) in [6, 6.07) is 15.8. The van der Waals surface area contributed by atoms with Gasteiger partial charge in [0.1, 0.15) is 15.7 Å². The van der Waals surface area contributed by atoms with Gasteiger partial charge in [0, 0.05) is 29.0 Å². The van der Waals surface area contributed by atoms with E-state index in [1.54, 1.807) is 36.4 Å². The maximum absolute atomic E-state index is 13.3. The van der Waals surface area contributed by atoms with E-state index in [4.69, 9.17) is 4.42 Å². The van der Waals surface area contributed by atoms with E-state index in [1.165, 1.54) is 17.5 Å². The number of sulfone groups is 1. The zero-order valence-electron chi connectivity index (χ0n) is 22.8. The fourth-order valence-electron chi connectivity index (χ4n) is 5.72. The number of aryl methyl sites for hydroxylation is 1. The van der Waals surface area contributed by atoms with Gasteiger partial charge in [-0.15, -0.1) is 11.3 Å². The number of thiophene rings is 1. The fourth-order valence-corrected chi connectivity index (χ4v) is 9.67. The molecule has 1 atom stereocenters. The molecule has 42 heavy (non-hydrogen) atoms. The lowest BCUT2D eigenvalue weighted by Crippen LogP contribution is -2.19. The molecule has 0 radical (unpaired) electrons. The topological polar surface area (TPSA) is 131 Å². The molecule has 2 aliphatic carbocycles. The fraction of sp³-hybridized carbons (Fsp3) is 0.323. The molecule has 0 bridgehead atoms. The van der Waals surface area contributed by atoms with Crippen molar-refractivity contribution in [1.29, 1.82) is 0 Å². The summed E-state index contributed by atoms with van der Waals surface area (Å²) in [6.07, 6.45) is 6.98. The molecular formula is C31H31NO7S3. The molecule has 2 heterocycles. The third-order valence-corrected chi connectivity index (χ3v) is 12.7. The predicted molar refractivity (Wildman–Crippen MR) is 161 cm³/mol. The highest BCUT2D eigenvalue weighted by Crippen LogP contribution is 2.49. The van der Waals surface area contributed by atoms with E-state index >= 15 is 0 Å². The molecule has 1 fully saturated rings. The van der Waals surface area contributed by atoms with Gasteiger partial charge in [-0.25, -0.2) is 21.6 Å². The highest BCUT2D eigenvalue weighted by Gasteiger charge is 2.38. The summed E-state index contributed by atoms with van der Waals surface area (Å²) in [6.45, 7) is 0. The Hall–Kier alpha value is -3.41. The zero-order chi connectivity index (χ0) is 29.5. The van der Waals surface area contributed by atoms with Crippen LogP contribution in [0, 0.1) is 5.92 Å². The van der Waals surface area contributed by atoms with Gasteiger partial charge in [0.25, 0.3) is 10.0 Å². The van der Waals surface area contributed by atoms with E-state index in [0.29, 0.717) is 29.7 Å². The molecule has 6 rings (SSSR count). The van der Waals surface area contributed by atoms with E-state index in [2.05, 4.69) is 4.72 Å². The number of aromatic hydroxyl groups is 1. The zero-order valence-corrected chi connectivity index (χ0v) is 25.2. The molecule has 0 saturated heterocycles. The van der Waals surface area contributed by atoms with Crippen molar-refractivity contribution >= 4 is 36.9 Å². The Labute approximate surface area is 249 Å². The Morgan fingerprint density at radius 3 is 2.36 bits per heavy atom. The van der Waals surface area contributed by atoms with Gasteiger partial charge < -0.3 is 9.52 Å². The van der Waals surface area contributed by atoms with Gasteiger partial charge in [0.15, 0.2) is 0 Å². The van der Waals surface area contributed by atoms with Gasteiger partial charge in [0.05, 0.1) is 15.4 Å². The molecule has 8 nitrogen and oxygen atoms in total. The molecule has 0 aliphatic heterocycles. The Morgan fingerprint density at radius 1 is 0.881 bits per heavy atom. The Balaban J connectivity index is 1.31. The number of anilines is 1. The number of benzene rings is 2. The minimum Gasteiger partial charge on any atom is -0.507 e. The van der Waals surface area contributed by atoms with Crippen molar-refractivity contribution in [2.24, 2.45) is 5.92 Å². The van der Waals surface area contributed by atoms with Crippen LogP contribution in [0.1, 0.15) is 66.9 Å². The third-order valence-electron chi connectivity index (χ3n) is 7.98. The van der Waals surface area contributed by atoms with Crippen LogP contribution in [0.3, 0.4) is 0 Å². The van der Waals surface area contributed by atoms with E-state index in [9.17, 15) is 26.7 Å². The van der Waals surface area contributed by atoms with Crippen molar-refractivity contribution < 1.29 is 26.4 Å². The summed E-state index contributed by atoms with van der Waals surface area (Å²) in [7, 11) is -7.97. The molecular weight excluding hydrogens is 595 g/mol. The number of hydrogen-bond donors (Lipinski definition) is 2. The third kappa shape index (κ3) is 5.65. The van der Waals surface area contributed by atoms with Gasteiger partial charge in [0.2, 0.25) is 9.84 Å². The molecule has 2 aromatic carbocycles. The van der Waals surface area contributed by atoms with Crippen molar-refractivity contribution in [3.63, 3.8) is 0 Å². The molecule has 220 valence electrons. The lowest BCUT2D eigenvalue weighted by atomic mass is 9.85. The standard InChI is InChI=1S/C31H31NO7S3/c33-30-25-13-6-1-2-7-14-26(25)39-31(34)29(30)28(20-15-16-20)21-9-8-10-22(17-21)32-42(37,38)27-18-24(19-40-27)41(35,36)23-11-4-3-5-12-23/h3-5,8-12,17-20,28,32-33H,1-2,6-7,13-16H2. The molecule has 2 aliphatic rings. The monoisotopic (exact) mass is 625 g/mol. The molecule has 2 N–H and O–H groups in total. The van der Waals surface area contributed by atoms with Crippen LogP contribution in [-0.4, -0.2) is 21.9 Å². The highest BCUT2D eigenvalue weighted by molar-refractivity contribution is 7.95. The minimum absolute atomic E-state index is 0.0109. The largest absolute Gasteiger partial charge is 0.507 e. The summed E-state index contributed by atoms with van der Waals surface area (Å²) in [5, 5.41) is 12.7. The molecule has 0 amide bonds. The van der Waals surface area contributed by atoms with Crippen LogP contribution in [-0.2, 0) is 32.7 Å². The molecule has 1 unspecified atom stereocenters. The smallest absolute Gasteiger partial charge is 0.343 e. The Kier molecular flexibility index (Phi) is 7.75. The summed E-state index contributed by atoms with van der Waals surface area (Å²) in [4.78, 5) is 13.2. The number of fused-ring (bicyclic) bond motifs is 1. The first-order chi connectivity index (χ1) is 20.1. The van der Waals surface area contributed by atoms with E-state index < -0.39 is 31.4 Å². The molecule has 1 saturated carbocycles. The Bertz CT molecular complexity index is 1890. The van der Waals surface area contributed by atoms with Crippen LogP contribution in [0.5, 0.6) is 5.75 Å². The first kappa shape index (κ1) is 28.7. The summed E-state index contributed by atoms with van der Waals surface area (Å²) in [5.74, 6) is 0.268. The number of rotatable bonds is 8. The van der Waals surface area contributed by atoms with Crippen LogP contribution in [0.15, 0.2) is 89.3 Å². The lowest BCUT2D eigenvalue weighted by molar-refractivity contribution is 0.382. The SMILES string of the molecule is O=c1oc2c(c(O)c1C(c1cccc(NS(=O)(=O)c3cc(S(=O)(=O)c4ccccc4)cs3)c1)C1CC1)CCCCCC2. The maximum Gasteiger partial charge on any atom is 0.343 e. The van der Waals surface area contributed by atoms with Gasteiger partial charge in [-0.05, 0) is 73.9 Å². The van der Waals surface area contributed by atoms with Gasteiger partial charge >= 0.3 is 5.63 Å². The summed E-state index contributed by atoms with van der Waals surface area (Å²) < 4.78 is 60.8. The minimum atomic E-state index is -4.11. The van der Waals surface area contributed by atoms with Crippen LogP contribution in [0.4, 0.5) is 5.69 Å². The first-order valence-corrected chi connectivity index (χ1v) is 17.9. The average molecular weight is 626 g/mol. The van der Waals surface area contributed by atoms with Crippen LogP contribution in [0.2, 0.25) is 0 Å². The van der Waals surface area contributed by atoms with E-state index in [0.717, 1.165) is 55.9 Å². The maximum atomic E-state index is 13.3. The van der Waals surface area contributed by atoms with Gasteiger partial charge in [-0.2, -0.15) is 0 Å². The van der Waals surface area contributed by atoms with Crippen molar-refractivity contribution in [3.8, 4) is 5.75 Å². The predicted octanol–water partition coefficient (Wildman–Crippen LogP) is 6.24. The summed E-state index contributed by atoms with van der Waals surface area (Å²) >= 11 is 0.823. The first-order valence-electron chi connectivity index (χ1n) is 14.0. The molecule has 2 aromatic heterocycles. The molecule has 4 aromatic rings. The van der Waals surface area contributed by atoms with Crippen LogP contribution in [0.25, 0.3) is 0 Å². The number of nitrogens with one attached hydrogen (secondary N) is 1. The molecule has 11 heteroatoms. The molecule has 0 spiro atoms.